The van der Waals surface area contributed by atoms with Crippen molar-refractivity contribution in [2.24, 2.45) is 0 Å². The number of thiazole rings is 1. The Morgan fingerprint density at radius 3 is 3.05 bits per heavy atom. The fourth-order valence-corrected chi connectivity index (χ4v) is 3.45. The van der Waals surface area contributed by atoms with Crippen LogP contribution < -0.4 is 10.6 Å². The van der Waals surface area contributed by atoms with Gasteiger partial charge in [0.25, 0.3) is 0 Å². The molecule has 0 bridgehead atoms. The highest BCUT2D eigenvalue weighted by Gasteiger charge is 2.21. The molecule has 3 N–H and O–H groups in total. The molecule has 1 saturated heterocycles. The molecule has 2 heterocycles. The Hall–Kier alpha value is -1.92. The van der Waals surface area contributed by atoms with Crippen molar-refractivity contribution in [1.29, 1.82) is 0 Å². The van der Waals surface area contributed by atoms with Crippen molar-refractivity contribution in [3.8, 4) is 16.2 Å². The standard InChI is InChI=1S/C16H19N3O2S/c1-10-15(22-9-19-10)11-4-5-12(14(20)7-11)8-18-16(21)13-3-2-6-17-13/h4-5,7,9,13,17,20H,2-3,6,8H2,1H3,(H,18,21). The summed E-state index contributed by atoms with van der Waals surface area (Å²) in [5.74, 6) is 0.198. The van der Waals surface area contributed by atoms with E-state index in [0.29, 0.717) is 6.54 Å². The Morgan fingerprint density at radius 2 is 2.41 bits per heavy atom. The van der Waals surface area contributed by atoms with Crippen LogP contribution in [-0.2, 0) is 11.3 Å². The van der Waals surface area contributed by atoms with E-state index in [4.69, 9.17) is 0 Å². The zero-order chi connectivity index (χ0) is 15.5. The minimum absolute atomic E-state index is 0.000669. The van der Waals surface area contributed by atoms with E-state index < -0.39 is 0 Å². The van der Waals surface area contributed by atoms with Crippen LogP contribution in [0.4, 0.5) is 0 Å². The molecule has 0 saturated carbocycles. The minimum Gasteiger partial charge on any atom is -0.508 e. The number of benzene rings is 1. The number of aryl methyl sites for hydroxylation is 1. The highest BCUT2D eigenvalue weighted by Crippen LogP contribution is 2.31. The number of amides is 1. The first-order valence-electron chi connectivity index (χ1n) is 7.38. The summed E-state index contributed by atoms with van der Waals surface area (Å²) in [6.07, 6.45) is 1.91. The average Bonchev–Trinajstić information content (AvgIpc) is 3.17. The molecule has 3 rings (SSSR count). The first kappa shape index (κ1) is 15.0. The summed E-state index contributed by atoms with van der Waals surface area (Å²) < 4.78 is 0. The predicted molar refractivity (Wildman–Crippen MR) is 86.8 cm³/mol. The summed E-state index contributed by atoms with van der Waals surface area (Å²) >= 11 is 1.55. The Balaban J connectivity index is 1.67. The highest BCUT2D eigenvalue weighted by molar-refractivity contribution is 7.13. The Bertz CT molecular complexity index is 678. The van der Waals surface area contributed by atoms with Gasteiger partial charge in [0.2, 0.25) is 5.91 Å². The minimum atomic E-state index is -0.0961. The normalized spacial score (nSPS) is 17.6. The third-order valence-electron chi connectivity index (χ3n) is 3.92. The van der Waals surface area contributed by atoms with Crippen LogP contribution in [0.3, 0.4) is 0 Å². The first-order valence-corrected chi connectivity index (χ1v) is 8.26. The van der Waals surface area contributed by atoms with E-state index in [2.05, 4.69) is 15.6 Å². The third-order valence-corrected chi connectivity index (χ3v) is 4.90. The number of aromatic nitrogens is 1. The lowest BCUT2D eigenvalue weighted by molar-refractivity contribution is -0.122. The summed E-state index contributed by atoms with van der Waals surface area (Å²) in [6.45, 7) is 3.18. The van der Waals surface area contributed by atoms with Gasteiger partial charge in [-0.05, 0) is 37.9 Å². The number of nitrogens with one attached hydrogen (secondary N) is 2. The number of hydrogen-bond acceptors (Lipinski definition) is 5. The van der Waals surface area contributed by atoms with Crippen LogP contribution >= 0.6 is 11.3 Å². The van der Waals surface area contributed by atoms with Gasteiger partial charge in [0, 0.05) is 12.1 Å². The van der Waals surface area contributed by atoms with Crippen LogP contribution in [0.1, 0.15) is 24.1 Å². The van der Waals surface area contributed by atoms with Crippen molar-refractivity contribution in [2.45, 2.75) is 32.4 Å². The number of nitrogens with zero attached hydrogens (tertiary/aromatic N) is 1. The molecule has 0 spiro atoms. The number of aromatic hydroxyl groups is 1. The molecule has 1 atom stereocenters. The molecular formula is C16H19N3O2S. The van der Waals surface area contributed by atoms with E-state index in [9.17, 15) is 9.90 Å². The smallest absolute Gasteiger partial charge is 0.237 e. The molecule has 116 valence electrons. The molecule has 6 heteroatoms. The number of phenolic OH excluding ortho intramolecular Hbond substituents is 1. The SMILES string of the molecule is Cc1ncsc1-c1ccc(CNC(=O)C2CCCN2)c(O)c1. The van der Waals surface area contributed by atoms with Gasteiger partial charge in [-0.15, -0.1) is 11.3 Å². The van der Waals surface area contributed by atoms with Crippen molar-refractivity contribution in [2.75, 3.05) is 6.54 Å². The summed E-state index contributed by atoms with van der Waals surface area (Å²) in [4.78, 5) is 17.2. The lowest BCUT2D eigenvalue weighted by Crippen LogP contribution is -2.39. The molecule has 0 radical (unpaired) electrons. The van der Waals surface area contributed by atoms with E-state index >= 15 is 0 Å². The van der Waals surface area contributed by atoms with Crippen LogP contribution in [0.25, 0.3) is 10.4 Å². The predicted octanol–water partition coefficient (Wildman–Crippen LogP) is 2.19. The summed E-state index contributed by atoms with van der Waals surface area (Å²) in [5, 5.41) is 16.2. The second-order valence-corrected chi connectivity index (χ2v) is 6.33. The van der Waals surface area contributed by atoms with Gasteiger partial charge >= 0.3 is 0 Å². The number of hydrogen-bond donors (Lipinski definition) is 3. The van der Waals surface area contributed by atoms with E-state index in [1.807, 2.05) is 19.1 Å². The van der Waals surface area contributed by atoms with Crippen LogP contribution in [0, 0.1) is 6.92 Å². The van der Waals surface area contributed by atoms with Crippen LogP contribution in [0.2, 0.25) is 0 Å². The first-order chi connectivity index (χ1) is 10.6. The van der Waals surface area contributed by atoms with E-state index in [-0.39, 0.29) is 17.7 Å². The molecule has 1 aliphatic rings. The van der Waals surface area contributed by atoms with E-state index in [1.54, 1.807) is 22.9 Å². The fraction of sp³-hybridized carbons (Fsp3) is 0.375. The monoisotopic (exact) mass is 317 g/mol. The van der Waals surface area contributed by atoms with Gasteiger partial charge in [-0.1, -0.05) is 12.1 Å². The molecule has 1 aliphatic heterocycles. The third kappa shape index (κ3) is 3.13. The number of carbonyl (C=O) groups excluding carboxylic acids is 1. The fourth-order valence-electron chi connectivity index (χ4n) is 2.65. The van der Waals surface area contributed by atoms with Gasteiger partial charge in [0.05, 0.1) is 22.1 Å². The van der Waals surface area contributed by atoms with Crippen molar-refractivity contribution in [3.05, 3.63) is 35.0 Å². The lowest BCUT2D eigenvalue weighted by Gasteiger charge is -2.12. The molecule has 22 heavy (non-hydrogen) atoms. The summed E-state index contributed by atoms with van der Waals surface area (Å²) in [5.41, 5.74) is 4.42. The molecule has 2 aromatic rings. The molecule has 0 aliphatic carbocycles. The van der Waals surface area contributed by atoms with E-state index in [0.717, 1.165) is 41.1 Å². The lowest BCUT2D eigenvalue weighted by atomic mass is 10.1. The molecule has 5 nitrogen and oxygen atoms in total. The second-order valence-electron chi connectivity index (χ2n) is 5.48. The van der Waals surface area contributed by atoms with Gasteiger partial charge in [0.1, 0.15) is 5.75 Å². The summed E-state index contributed by atoms with van der Waals surface area (Å²) in [7, 11) is 0. The van der Waals surface area contributed by atoms with E-state index in [1.165, 1.54) is 0 Å². The highest BCUT2D eigenvalue weighted by atomic mass is 32.1. The zero-order valence-corrected chi connectivity index (χ0v) is 13.2. The van der Waals surface area contributed by atoms with Gasteiger partial charge < -0.3 is 15.7 Å². The van der Waals surface area contributed by atoms with Gasteiger partial charge in [0.15, 0.2) is 0 Å². The zero-order valence-electron chi connectivity index (χ0n) is 12.4. The molecule has 1 fully saturated rings. The Kier molecular flexibility index (Phi) is 4.40. The number of rotatable bonds is 4. The quantitative estimate of drug-likeness (QED) is 0.808. The second kappa shape index (κ2) is 6.46. The van der Waals surface area contributed by atoms with Crippen molar-refractivity contribution >= 4 is 17.2 Å². The van der Waals surface area contributed by atoms with Crippen molar-refractivity contribution < 1.29 is 9.90 Å². The maximum absolute atomic E-state index is 12.0. The largest absolute Gasteiger partial charge is 0.508 e. The molecule has 1 aromatic heterocycles. The molecule has 1 amide bonds. The van der Waals surface area contributed by atoms with Crippen molar-refractivity contribution in [3.63, 3.8) is 0 Å². The van der Waals surface area contributed by atoms with Gasteiger partial charge in [-0.25, -0.2) is 4.98 Å². The van der Waals surface area contributed by atoms with Gasteiger partial charge in [-0.2, -0.15) is 0 Å². The maximum Gasteiger partial charge on any atom is 0.237 e. The maximum atomic E-state index is 12.0. The van der Waals surface area contributed by atoms with Crippen LogP contribution in [0.15, 0.2) is 23.7 Å². The van der Waals surface area contributed by atoms with Crippen LogP contribution in [0.5, 0.6) is 5.75 Å². The van der Waals surface area contributed by atoms with Gasteiger partial charge in [-0.3, -0.25) is 4.79 Å². The average molecular weight is 317 g/mol. The number of phenols is 1. The Morgan fingerprint density at radius 1 is 1.55 bits per heavy atom. The molecule has 1 aromatic carbocycles. The molecule has 1 unspecified atom stereocenters. The number of carbonyl (C=O) groups is 1. The summed E-state index contributed by atoms with van der Waals surface area (Å²) in [6, 6.07) is 5.44. The Labute approximate surface area is 133 Å². The van der Waals surface area contributed by atoms with Crippen LogP contribution in [-0.4, -0.2) is 28.6 Å². The van der Waals surface area contributed by atoms with Crippen molar-refractivity contribution in [1.82, 2.24) is 15.6 Å². The molecular weight excluding hydrogens is 298 g/mol. The topological polar surface area (TPSA) is 74.2 Å².